The Morgan fingerprint density at radius 1 is 1.00 bits per heavy atom. The van der Waals surface area contributed by atoms with E-state index in [0.717, 1.165) is 5.56 Å². The van der Waals surface area contributed by atoms with Crippen molar-refractivity contribution in [2.75, 3.05) is 20.8 Å². The molecular weight excluding hydrogens is 406 g/mol. The third-order valence-corrected chi connectivity index (χ3v) is 6.23. The quantitative estimate of drug-likeness (QED) is 0.561. The Morgan fingerprint density at radius 2 is 1.73 bits per heavy atom. The Balaban J connectivity index is 1.63. The van der Waals surface area contributed by atoms with Crippen LogP contribution in [0.3, 0.4) is 0 Å². The molecule has 0 aliphatic carbocycles. The normalized spacial score (nSPS) is 11.1. The number of methoxy groups -OCH3 is 2. The van der Waals surface area contributed by atoms with Crippen molar-refractivity contribution in [1.82, 2.24) is 5.32 Å². The fourth-order valence-electron chi connectivity index (χ4n) is 3.00. The molecule has 0 aliphatic heterocycles. The van der Waals surface area contributed by atoms with Gasteiger partial charge in [-0.25, -0.2) is 8.42 Å². The summed E-state index contributed by atoms with van der Waals surface area (Å²) in [6.45, 7) is 0.347. The van der Waals surface area contributed by atoms with E-state index in [4.69, 9.17) is 13.9 Å². The van der Waals surface area contributed by atoms with Crippen LogP contribution in [0.4, 0.5) is 0 Å². The predicted molar refractivity (Wildman–Crippen MR) is 112 cm³/mol. The number of benzene rings is 2. The molecule has 7 nitrogen and oxygen atoms in total. The zero-order chi connectivity index (χ0) is 21.6. The van der Waals surface area contributed by atoms with E-state index < -0.39 is 15.7 Å². The van der Waals surface area contributed by atoms with Crippen molar-refractivity contribution in [2.45, 2.75) is 17.1 Å². The summed E-state index contributed by atoms with van der Waals surface area (Å²) in [5.74, 6) is 0.470. The van der Waals surface area contributed by atoms with Gasteiger partial charge in [-0.15, -0.1) is 0 Å². The van der Waals surface area contributed by atoms with E-state index in [1.807, 2.05) is 12.1 Å². The summed E-state index contributed by atoms with van der Waals surface area (Å²) in [7, 11) is -0.456. The van der Waals surface area contributed by atoms with Crippen LogP contribution in [-0.2, 0) is 22.0 Å². The minimum absolute atomic E-state index is 0.00168. The molecule has 1 N–H and O–H groups in total. The lowest BCUT2D eigenvalue weighted by molar-refractivity contribution is 0.0925. The molecule has 0 fully saturated rings. The number of hydrogen-bond acceptors (Lipinski definition) is 6. The van der Waals surface area contributed by atoms with Gasteiger partial charge in [-0.2, -0.15) is 0 Å². The van der Waals surface area contributed by atoms with Crippen molar-refractivity contribution < 1.29 is 27.1 Å². The Labute approximate surface area is 175 Å². The number of hydrogen-bond donors (Lipinski definition) is 1. The van der Waals surface area contributed by atoms with E-state index in [1.54, 1.807) is 38.5 Å². The lowest BCUT2D eigenvalue weighted by Gasteiger charge is -2.10. The maximum absolute atomic E-state index is 12.6. The summed E-state index contributed by atoms with van der Waals surface area (Å²) in [6, 6.07) is 15.1. The smallest absolute Gasteiger partial charge is 0.287 e. The molecule has 0 saturated carbocycles. The lowest BCUT2D eigenvalue weighted by atomic mass is 10.1. The molecule has 0 atom stereocenters. The highest BCUT2D eigenvalue weighted by molar-refractivity contribution is 7.90. The molecule has 1 amide bonds. The average Bonchev–Trinajstić information content (AvgIpc) is 3.21. The first-order valence-electron chi connectivity index (χ1n) is 9.28. The van der Waals surface area contributed by atoms with Gasteiger partial charge in [-0.1, -0.05) is 24.3 Å². The second kappa shape index (κ2) is 9.49. The minimum Gasteiger partial charge on any atom is -0.493 e. The van der Waals surface area contributed by atoms with Crippen molar-refractivity contribution in [3.05, 3.63) is 77.7 Å². The van der Waals surface area contributed by atoms with Crippen molar-refractivity contribution in [3.63, 3.8) is 0 Å². The first-order valence-corrected chi connectivity index (χ1v) is 10.9. The molecule has 1 heterocycles. The number of carbonyl (C=O) groups is 1. The van der Waals surface area contributed by atoms with Crippen LogP contribution in [-0.4, -0.2) is 35.1 Å². The second-order valence-electron chi connectivity index (χ2n) is 6.54. The third kappa shape index (κ3) is 5.01. The Morgan fingerprint density at radius 3 is 2.43 bits per heavy atom. The minimum atomic E-state index is -3.58. The molecule has 0 saturated heterocycles. The predicted octanol–water partition coefficient (Wildman–Crippen LogP) is 3.24. The van der Waals surface area contributed by atoms with Crippen molar-refractivity contribution in [2.24, 2.45) is 0 Å². The monoisotopic (exact) mass is 429 g/mol. The van der Waals surface area contributed by atoms with Crippen LogP contribution < -0.4 is 14.8 Å². The molecule has 2 aromatic carbocycles. The van der Waals surface area contributed by atoms with Gasteiger partial charge in [0.25, 0.3) is 5.91 Å². The van der Waals surface area contributed by atoms with Gasteiger partial charge in [0.15, 0.2) is 27.1 Å². The number of amides is 1. The van der Waals surface area contributed by atoms with E-state index in [-0.39, 0.29) is 16.4 Å². The molecule has 0 bridgehead atoms. The second-order valence-corrected chi connectivity index (χ2v) is 8.53. The summed E-state index contributed by atoms with van der Waals surface area (Å²) >= 11 is 0. The topological polar surface area (TPSA) is 94.8 Å². The average molecular weight is 429 g/mol. The SMILES string of the molecule is COc1ccc(CCNC(=O)c2occc2CS(=O)(=O)c2ccccc2)cc1OC. The van der Waals surface area contributed by atoms with Crippen LogP contribution in [0.25, 0.3) is 0 Å². The van der Waals surface area contributed by atoms with Gasteiger partial charge in [0.2, 0.25) is 0 Å². The van der Waals surface area contributed by atoms with Crippen molar-refractivity contribution in [1.29, 1.82) is 0 Å². The van der Waals surface area contributed by atoms with Crippen LogP contribution in [0.15, 0.2) is 70.2 Å². The highest BCUT2D eigenvalue weighted by Gasteiger charge is 2.22. The van der Waals surface area contributed by atoms with Crippen LogP contribution in [0, 0.1) is 0 Å². The standard InChI is InChI=1S/C22H23NO6S/c1-27-19-9-8-16(14-20(19)28-2)10-12-23-22(24)21-17(11-13-29-21)15-30(25,26)18-6-4-3-5-7-18/h3-9,11,13-14H,10,12,15H2,1-2H3,(H,23,24). The Bertz CT molecular complexity index is 1110. The number of rotatable bonds is 9. The van der Waals surface area contributed by atoms with Gasteiger partial charge in [0.1, 0.15) is 0 Å². The van der Waals surface area contributed by atoms with Gasteiger partial charge in [0, 0.05) is 12.1 Å². The van der Waals surface area contributed by atoms with Gasteiger partial charge in [-0.3, -0.25) is 4.79 Å². The van der Waals surface area contributed by atoms with Crippen LogP contribution in [0.5, 0.6) is 11.5 Å². The zero-order valence-electron chi connectivity index (χ0n) is 16.8. The van der Waals surface area contributed by atoms with Gasteiger partial charge < -0.3 is 19.2 Å². The van der Waals surface area contributed by atoms with Gasteiger partial charge in [0.05, 0.1) is 31.1 Å². The lowest BCUT2D eigenvalue weighted by Crippen LogP contribution is -2.26. The first kappa shape index (κ1) is 21.4. The zero-order valence-corrected chi connectivity index (χ0v) is 17.6. The summed E-state index contributed by atoms with van der Waals surface area (Å²) in [4.78, 5) is 12.7. The molecule has 0 radical (unpaired) electrons. The fourth-order valence-corrected chi connectivity index (χ4v) is 4.38. The van der Waals surface area contributed by atoms with Gasteiger partial charge >= 0.3 is 0 Å². The molecule has 8 heteroatoms. The van der Waals surface area contributed by atoms with E-state index in [0.29, 0.717) is 30.0 Å². The molecule has 0 unspecified atom stereocenters. The Kier molecular flexibility index (Phi) is 6.79. The molecular formula is C22H23NO6S. The van der Waals surface area contributed by atoms with E-state index in [2.05, 4.69) is 5.32 Å². The molecule has 3 rings (SSSR count). The molecule has 0 aliphatic rings. The highest BCUT2D eigenvalue weighted by atomic mass is 32.2. The van der Waals surface area contributed by atoms with Crippen LogP contribution >= 0.6 is 0 Å². The molecule has 1 aromatic heterocycles. The number of furan rings is 1. The van der Waals surface area contributed by atoms with E-state index in [9.17, 15) is 13.2 Å². The summed E-state index contributed by atoms with van der Waals surface area (Å²) in [6.07, 6.45) is 1.88. The largest absolute Gasteiger partial charge is 0.493 e. The van der Waals surface area contributed by atoms with Crippen LogP contribution in [0.1, 0.15) is 21.7 Å². The molecule has 30 heavy (non-hydrogen) atoms. The summed E-state index contributed by atoms with van der Waals surface area (Å²) in [5.41, 5.74) is 1.28. The number of carbonyl (C=O) groups excluding carboxylic acids is 1. The van der Waals surface area contributed by atoms with E-state index in [1.165, 1.54) is 24.5 Å². The number of nitrogens with one attached hydrogen (secondary N) is 1. The fraction of sp³-hybridized carbons (Fsp3) is 0.227. The maximum atomic E-state index is 12.6. The summed E-state index contributed by atoms with van der Waals surface area (Å²) in [5, 5.41) is 2.77. The van der Waals surface area contributed by atoms with E-state index >= 15 is 0 Å². The molecule has 0 spiro atoms. The number of ether oxygens (including phenoxy) is 2. The van der Waals surface area contributed by atoms with Crippen molar-refractivity contribution in [3.8, 4) is 11.5 Å². The molecule has 158 valence electrons. The molecule has 3 aromatic rings. The first-order chi connectivity index (χ1) is 14.4. The summed E-state index contributed by atoms with van der Waals surface area (Å²) < 4.78 is 40.9. The van der Waals surface area contributed by atoms with Gasteiger partial charge in [-0.05, 0) is 42.3 Å². The number of sulfone groups is 1. The Hall–Kier alpha value is -3.26. The van der Waals surface area contributed by atoms with Crippen molar-refractivity contribution >= 4 is 15.7 Å². The van der Waals surface area contributed by atoms with Crippen LogP contribution in [0.2, 0.25) is 0 Å². The highest BCUT2D eigenvalue weighted by Crippen LogP contribution is 2.27. The maximum Gasteiger partial charge on any atom is 0.287 e. The third-order valence-electron chi connectivity index (χ3n) is 4.55.